The molecule has 3 nitrogen and oxygen atoms in total. The molecular weight excluding hydrogens is 286 g/mol. The molecule has 0 aliphatic carbocycles. The molecule has 0 fully saturated rings. The average Bonchev–Trinajstić information content (AvgIpc) is 2.77. The maximum Gasteiger partial charge on any atom is 0.115 e. The molecule has 0 amide bonds. The lowest BCUT2D eigenvalue weighted by Gasteiger charge is -2.13. The van der Waals surface area contributed by atoms with E-state index in [1.807, 2.05) is 24.7 Å². The highest BCUT2D eigenvalue weighted by molar-refractivity contribution is 9.10. The van der Waals surface area contributed by atoms with Crippen molar-refractivity contribution < 1.29 is 0 Å². The Kier molecular flexibility index (Phi) is 3.56. The SMILES string of the molecule is Cc1cc(NC(C)c2nccs2)cnc1Br. The largest absolute Gasteiger partial charge is 0.375 e. The molecule has 0 bridgehead atoms. The van der Waals surface area contributed by atoms with Crippen LogP contribution in [0.15, 0.2) is 28.4 Å². The number of hydrogen-bond acceptors (Lipinski definition) is 4. The summed E-state index contributed by atoms with van der Waals surface area (Å²) >= 11 is 5.04. The van der Waals surface area contributed by atoms with Crippen LogP contribution in [0, 0.1) is 6.92 Å². The first-order chi connectivity index (χ1) is 7.66. The second-order valence-corrected chi connectivity index (χ2v) is 5.25. The lowest BCUT2D eigenvalue weighted by Crippen LogP contribution is -2.06. The van der Waals surface area contributed by atoms with Crippen LogP contribution in [0.25, 0.3) is 0 Å². The van der Waals surface area contributed by atoms with E-state index >= 15 is 0 Å². The van der Waals surface area contributed by atoms with Gasteiger partial charge in [-0.1, -0.05) is 0 Å². The summed E-state index contributed by atoms with van der Waals surface area (Å²) < 4.78 is 0.889. The van der Waals surface area contributed by atoms with E-state index in [4.69, 9.17) is 0 Å². The van der Waals surface area contributed by atoms with Gasteiger partial charge in [-0.25, -0.2) is 9.97 Å². The van der Waals surface area contributed by atoms with Crippen LogP contribution in [0.3, 0.4) is 0 Å². The lowest BCUT2D eigenvalue weighted by atomic mass is 10.2. The first-order valence-electron chi connectivity index (χ1n) is 4.95. The molecule has 84 valence electrons. The molecular formula is C11H12BrN3S. The monoisotopic (exact) mass is 297 g/mol. The molecule has 1 unspecified atom stereocenters. The third-order valence-electron chi connectivity index (χ3n) is 2.22. The van der Waals surface area contributed by atoms with Gasteiger partial charge in [0.15, 0.2) is 0 Å². The Bertz CT molecular complexity index is 470. The van der Waals surface area contributed by atoms with Crippen LogP contribution >= 0.6 is 27.3 Å². The van der Waals surface area contributed by atoms with Gasteiger partial charge in [-0.3, -0.25) is 0 Å². The Morgan fingerprint density at radius 1 is 1.44 bits per heavy atom. The number of anilines is 1. The molecule has 0 saturated carbocycles. The third-order valence-corrected chi connectivity index (χ3v) is 4.01. The Hall–Kier alpha value is -0.940. The molecule has 5 heteroatoms. The fraction of sp³-hybridized carbons (Fsp3) is 0.273. The molecule has 0 aromatic carbocycles. The highest BCUT2D eigenvalue weighted by atomic mass is 79.9. The van der Waals surface area contributed by atoms with Crippen molar-refractivity contribution in [2.24, 2.45) is 0 Å². The number of aryl methyl sites for hydroxylation is 1. The summed E-state index contributed by atoms with van der Waals surface area (Å²) in [6, 6.07) is 2.28. The van der Waals surface area contributed by atoms with E-state index in [2.05, 4.69) is 44.2 Å². The minimum Gasteiger partial charge on any atom is -0.375 e. The van der Waals surface area contributed by atoms with Gasteiger partial charge in [0, 0.05) is 11.6 Å². The van der Waals surface area contributed by atoms with Gasteiger partial charge in [0.2, 0.25) is 0 Å². The summed E-state index contributed by atoms with van der Waals surface area (Å²) in [5.41, 5.74) is 2.14. The zero-order valence-corrected chi connectivity index (χ0v) is 11.5. The minimum absolute atomic E-state index is 0.211. The predicted octanol–water partition coefficient (Wildman–Crippen LogP) is 3.78. The summed E-state index contributed by atoms with van der Waals surface area (Å²) in [5, 5.41) is 6.45. The number of thiazole rings is 1. The van der Waals surface area contributed by atoms with Crippen molar-refractivity contribution in [2.75, 3.05) is 5.32 Å². The van der Waals surface area contributed by atoms with Crippen molar-refractivity contribution in [1.82, 2.24) is 9.97 Å². The number of nitrogens with zero attached hydrogens (tertiary/aromatic N) is 2. The van der Waals surface area contributed by atoms with E-state index in [-0.39, 0.29) is 6.04 Å². The molecule has 2 aromatic heterocycles. The number of nitrogens with one attached hydrogen (secondary N) is 1. The van der Waals surface area contributed by atoms with Crippen LogP contribution in [0.4, 0.5) is 5.69 Å². The summed E-state index contributed by atoms with van der Waals surface area (Å²) in [6.07, 6.45) is 3.64. The van der Waals surface area contributed by atoms with Crippen molar-refractivity contribution in [3.05, 3.63) is 39.0 Å². The first-order valence-corrected chi connectivity index (χ1v) is 6.62. The van der Waals surface area contributed by atoms with Crippen LogP contribution < -0.4 is 5.32 Å². The number of pyridine rings is 1. The second-order valence-electron chi connectivity index (χ2n) is 3.57. The van der Waals surface area contributed by atoms with Crippen molar-refractivity contribution in [3.8, 4) is 0 Å². The summed E-state index contributed by atoms with van der Waals surface area (Å²) in [5.74, 6) is 0. The van der Waals surface area contributed by atoms with Crippen LogP contribution in [0.1, 0.15) is 23.5 Å². The van der Waals surface area contributed by atoms with E-state index in [1.165, 1.54) is 0 Å². The summed E-state index contributed by atoms with van der Waals surface area (Å²) in [4.78, 5) is 8.53. The van der Waals surface area contributed by atoms with Crippen molar-refractivity contribution in [1.29, 1.82) is 0 Å². The highest BCUT2D eigenvalue weighted by Gasteiger charge is 2.08. The Morgan fingerprint density at radius 2 is 2.25 bits per heavy atom. The van der Waals surface area contributed by atoms with Crippen LogP contribution in [0.5, 0.6) is 0 Å². The third kappa shape index (κ3) is 2.59. The molecule has 1 N–H and O–H groups in total. The smallest absolute Gasteiger partial charge is 0.115 e. The van der Waals surface area contributed by atoms with E-state index < -0.39 is 0 Å². The van der Waals surface area contributed by atoms with Gasteiger partial charge in [-0.15, -0.1) is 11.3 Å². The summed E-state index contributed by atoms with van der Waals surface area (Å²) in [7, 11) is 0. The van der Waals surface area contributed by atoms with Crippen molar-refractivity contribution >= 4 is 33.0 Å². The molecule has 0 saturated heterocycles. The molecule has 0 radical (unpaired) electrons. The quantitative estimate of drug-likeness (QED) is 0.876. The average molecular weight is 298 g/mol. The van der Waals surface area contributed by atoms with E-state index in [0.717, 1.165) is 20.9 Å². The second kappa shape index (κ2) is 4.93. The minimum atomic E-state index is 0.211. The predicted molar refractivity (Wildman–Crippen MR) is 70.8 cm³/mol. The zero-order chi connectivity index (χ0) is 11.5. The maximum atomic E-state index is 4.28. The normalized spacial score (nSPS) is 12.4. The molecule has 2 heterocycles. The number of rotatable bonds is 3. The van der Waals surface area contributed by atoms with Gasteiger partial charge in [0.25, 0.3) is 0 Å². The molecule has 0 aliphatic heterocycles. The van der Waals surface area contributed by atoms with E-state index in [0.29, 0.717) is 0 Å². The lowest BCUT2D eigenvalue weighted by molar-refractivity contribution is 0.867. The number of aromatic nitrogens is 2. The highest BCUT2D eigenvalue weighted by Crippen LogP contribution is 2.22. The molecule has 0 aliphatic rings. The van der Waals surface area contributed by atoms with Gasteiger partial charge in [-0.05, 0) is 41.4 Å². The van der Waals surface area contributed by atoms with Crippen molar-refractivity contribution in [2.45, 2.75) is 19.9 Å². The molecule has 0 spiro atoms. The van der Waals surface area contributed by atoms with Crippen LogP contribution in [-0.4, -0.2) is 9.97 Å². The van der Waals surface area contributed by atoms with E-state index in [1.54, 1.807) is 11.3 Å². The number of hydrogen-bond donors (Lipinski definition) is 1. The topological polar surface area (TPSA) is 37.8 Å². The Morgan fingerprint density at radius 3 is 2.88 bits per heavy atom. The molecule has 2 rings (SSSR count). The summed E-state index contributed by atoms with van der Waals surface area (Å²) in [6.45, 7) is 4.12. The zero-order valence-electron chi connectivity index (χ0n) is 9.07. The van der Waals surface area contributed by atoms with Crippen LogP contribution in [-0.2, 0) is 0 Å². The fourth-order valence-corrected chi connectivity index (χ4v) is 2.26. The van der Waals surface area contributed by atoms with Gasteiger partial charge in [0.1, 0.15) is 9.61 Å². The van der Waals surface area contributed by atoms with Gasteiger partial charge < -0.3 is 5.32 Å². The molecule has 16 heavy (non-hydrogen) atoms. The van der Waals surface area contributed by atoms with Crippen LogP contribution in [0.2, 0.25) is 0 Å². The van der Waals surface area contributed by atoms with Gasteiger partial charge in [0.05, 0.1) is 17.9 Å². The van der Waals surface area contributed by atoms with Gasteiger partial charge >= 0.3 is 0 Å². The molecule has 2 aromatic rings. The van der Waals surface area contributed by atoms with Crippen molar-refractivity contribution in [3.63, 3.8) is 0 Å². The first kappa shape index (κ1) is 11.5. The van der Waals surface area contributed by atoms with E-state index in [9.17, 15) is 0 Å². The van der Waals surface area contributed by atoms with Gasteiger partial charge in [-0.2, -0.15) is 0 Å². The molecule has 1 atom stereocenters. The standard InChI is InChI=1S/C11H12BrN3S/c1-7-5-9(6-14-10(7)12)15-8(2)11-13-3-4-16-11/h3-6,8,15H,1-2H3. The fourth-order valence-electron chi connectivity index (χ4n) is 1.40. The maximum absolute atomic E-state index is 4.28. The Labute approximate surface area is 107 Å². The Balaban J connectivity index is 2.12. The number of halogens is 1.